The lowest BCUT2D eigenvalue weighted by Crippen LogP contribution is -2.30. The fourth-order valence-electron chi connectivity index (χ4n) is 2.07. The van der Waals surface area contributed by atoms with Gasteiger partial charge in [0.1, 0.15) is 0 Å². The average molecular weight is 273 g/mol. The summed E-state index contributed by atoms with van der Waals surface area (Å²) in [4.78, 5) is 14.0. The number of nitrogens with zero attached hydrogens (tertiary/aromatic N) is 1. The Kier molecular flexibility index (Phi) is 3.92. The lowest BCUT2D eigenvalue weighted by atomic mass is 10.1. The van der Waals surface area contributed by atoms with Crippen LogP contribution in [0.5, 0.6) is 0 Å². The highest BCUT2D eigenvalue weighted by molar-refractivity contribution is 6.39. The lowest BCUT2D eigenvalue weighted by Gasteiger charge is -2.17. The van der Waals surface area contributed by atoms with Gasteiger partial charge in [-0.15, -0.1) is 0 Å². The fourth-order valence-corrected chi connectivity index (χ4v) is 2.63. The standard InChI is InChI=1S/C12H14Cl2N2O/c13-9-2-1-3-10(14)11(9)12(17)16-5-4-8(6-15)7-16/h1-3,8H,4-7,15H2/t8-/m0/s1. The molecule has 1 amide bonds. The zero-order valence-electron chi connectivity index (χ0n) is 9.33. The van der Waals surface area contributed by atoms with Gasteiger partial charge in [-0.25, -0.2) is 0 Å². The van der Waals surface area contributed by atoms with Gasteiger partial charge in [-0.3, -0.25) is 4.79 Å². The van der Waals surface area contributed by atoms with Crippen LogP contribution in [-0.2, 0) is 0 Å². The molecule has 2 N–H and O–H groups in total. The van der Waals surface area contributed by atoms with Crippen LogP contribution >= 0.6 is 23.2 Å². The van der Waals surface area contributed by atoms with Gasteiger partial charge >= 0.3 is 0 Å². The number of hydrogen-bond acceptors (Lipinski definition) is 2. The SMILES string of the molecule is NC[C@@H]1CCN(C(=O)c2c(Cl)cccc2Cl)C1. The molecular weight excluding hydrogens is 259 g/mol. The Bertz CT molecular complexity index is 416. The average Bonchev–Trinajstić information content (AvgIpc) is 2.77. The van der Waals surface area contributed by atoms with Crippen LogP contribution in [0.4, 0.5) is 0 Å². The van der Waals surface area contributed by atoms with Gasteiger partial charge in [0.2, 0.25) is 0 Å². The van der Waals surface area contributed by atoms with Crippen LogP contribution in [0.25, 0.3) is 0 Å². The Morgan fingerprint density at radius 1 is 1.41 bits per heavy atom. The largest absolute Gasteiger partial charge is 0.338 e. The molecule has 0 spiro atoms. The van der Waals surface area contributed by atoms with Gasteiger partial charge in [0.25, 0.3) is 5.91 Å². The predicted octanol–water partition coefficient (Wildman–Crippen LogP) is 2.41. The summed E-state index contributed by atoms with van der Waals surface area (Å²) >= 11 is 12.0. The minimum atomic E-state index is -0.100. The third-order valence-corrected chi connectivity index (χ3v) is 3.71. The first-order valence-corrected chi connectivity index (χ1v) is 6.32. The second-order valence-electron chi connectivity index (χ2n) is 4.24. The Balaban J connectivity index is 2.21. The first-order valence-electron chi connectivity index (χ1n) is 5.57. The van der Waals surface area contributed by atoms with Crippen molar-refractivity contribution in [1.82, 2.24) is 4.90 Å². The first-order chi connectivity index (χ1) is 8.13. The zero-order valence-corrected chi connectivity index (χ0v) is 10.8. The van der Waals surface area contributed by atoms with E-state index < -0.39 is 0 Å². The maximum absolute atomic E-state index is 12.3. The maximum Gasteiger partial charge on any atom is 0.256 e. The third kappa shape index (κ3) is 2.57. The molecule has 1 aromatic carbocycles. The summed E-state index contributed by atoms with van der Waals surface area (Å²) in [6, 6.07) is 5.09. The second-order valence-corrected chi connectivity index (χ2v) is 5.05. The predicted molar refractivity (Wildman–Crippen MR) is 69.5 cm³/mol. The molecule has 1 fully saturated rings. The number of nitrogens with two attached hydrogens (primary N) is 1. The Morgan fingerprint density at radius 2 is 2.06 bits per heavy atom. The molecule has 17 heavy (non-hydrogen) atoms. The van der Waals surface area contributed by atoms with Gasteiger partial charge in [-0.05, 0) is 31.0 Å². The summed E-state index contributed by atoms with van der Waals surface area (Å²) in [6.45, 7) is 2.03. The van der Waals surface area contributed by atoms with Crippen LogP contribution in [-0.4, -0.2) is 30.4 Å². The van der Waals surface area contributed by atoms with E-state index in [1.807, 2.05) is 0 Å². The van der Waals surface area contributed by atoms with E-state index in [0.29, 0.717) is 34.6 Å². The van der Waals surface area contributed by atoms with E-state index in [9.17, 15) is 4.79 Å². The summed E-state index contributed by atoms with van der Waals surface area (Å²) in [5.41, 5.74) is 6.00. The molecule has 1 atom stereocenters. The fraction of sp³-hybridized carbons (Fsp3) is 0.417. The van der Waals surface area contributed by atoms with Crippen molar-refractivity contribution in [2.45, 2.75) is 6.42 Å². The lowest BCUT2D eigenvalue weighted by molar-refractivity contribution is 0.0788. The molecule has 1 aromatic rings. The van der Waals surface area contributed by atoms with Gasteiger partial charge in [0.15, 0.2) is 0 Å². The number of carbonyl (C=O) groups is 1. The van der Waals surface area contributed by atoms with Crippen LogP contribution in [0.3, 0.4) is 0 Å². The molecule has 1 saturated heterocycles. The minimum Gasteiger partial charge on any atom is -0.338 e. The molecule has 0 unspecified atom stereocenters. The molecule has 0 bridgehead atoms. The Labute approximate surface area is 110 Å². The molecule has 1 heterocycles. The quantitative estimate of drug-likeness (QED) is 0.899. The summed E-state index contributed by atoms with van der Waals surface area (Å²) < 4.78 is 0. The van der Waals surface area contributed by atoms with E-state index in [0.717, 1.165) is 13.0 Å². The molecule has 0 saturated carbocycles. The second kappa shape index (κ2) is 5.25. The van der Waals surface area contributed by atoms with Crippen molar-refractivity contribution in [3.8, 4) is 0 Å². The Morgan fingerprint density at radius 3 is 2.59 bits per heavy atom. The highest BCUT2D eigenvalue weighted by atomic mass is 35.5. The van der Waals surface area contributed by atoms with Crippen molar-refractivity contribution in [3.63, 3.8) is 0 Å². The molecule has 2 rings (SSSR count). The highest BCUT2D eigenvalue weighted by Gasteiger charge is 2.28. The summed E-state index contributed by atoms with van der Waals surface area (Å²) in [5.74, 6) is 0.289. The van der Waals surface area contributed by atoms with Crippen molar-refractivity contribution in [2.24, 2.45) is 11.7 Å². The van der Waals surface area contributed by atoms with Crippen LogP contribution < -0.4 is 5.73 Å². The van der Waals surface area contributed by atoms with E-state index in [-0.39, 0.29) is 5.91 Å². The van der Waals surface area contributed by atoms with Gasteiger partial charge in [-0.2, -0.15) is 0 Å². The van der Waals surface area contributed by atoms with Crippen molar-refractivity contribution in [2.75, 3.05) is 19.6 Å². The topological polar surface area (TPSA) is 46.3 Å². The first kappa shape index (κ1) is 12.7. The highest BCUT2D eigenvalue weighted by Crippen LogP contribution is 2.27. The zero-order chi connectivity index (χ0) is 12.4. The smallest absolute Gasteiger partial charge is 0.256 e. The van der Waals surface area contributed by atoms with Crippen LogP contribution in [0.1, 0.15) is 16.8 Å². The van der Waals surface area contributed by atoms with E-state index in [1.54, 1.807) is 23.1 Å². The molecule has 0 radical (unpaired) electrons. The maximum atomic E-state index is 12.3. The van der Waals surface area contributed by atoms with Crippen molar-refractivity contribution in [3.05, 3.63) is 33.8 Å². The summed E-state index contributed by atoms with van der Waals surface area (Å²) in [6.07, 6.45) is 0.949. The van der Waals surface area contributed by atoms with Gasteiger partial charge in [-0.1, -0.05) is 29.3 Å². The monoisotopic (exact) mass is 272 g/mol. The molecule has 92 valence electrons. The van der Waals surface area contributed by atoms with Crippen molar-refractivity contribution >= 4 is 29.1 Å². The van der Waals surface area contributed by atoms with E-state index in [1.165, 1.54) is 0 Å². The number of hydrogen-bond donors (Lipinski definition) is 1. The van der Waals surface area contributed by atoms with Crippen molar-refractivity contribution in [1.29, 1.82) is 0 Å². The minimum absolute atomic E-state index is 0.100. The number of amides is 1. The Hall–Kier alpha value is -0.770. The van der Waals surface area contributed by atoms with Crippen LogP contribution in [0.2, 0.25) is 10.0 Å². The number of rotatable bonds is 2. The number of benzene rings is 1. The van der Waals surface area contributed by atoms with Crippen LogP contribution in [0.15, 0.2) is 18.2 Å². The molecule has 1 aliphatic rings. The van der Waals surface area contributed by atoms with E-state index >= 15 is 0 Å². The number of carbonyl (C=O) groups excluding carboxylic acids is 1. The summed E-state index contributed by atoms with van der Waals surface area (Å²) in [5, 5.41) is 0.803. The molecule has 0 aliphatic carbocycles. The van der Waals surface area contributed by atoms with Gasteiger partial charge in [0, 0.05) is 13.1 Å². The molecular formula is C12H14Cl2N2O. The van der Waals surface area contributed by atoms with E-state index in [2.05, 4.69) is 0 Å². The number of likely N-dealkylation sites (tertiary alicyclic amines) is 1. The molecule has 0 aromatic heterocycles. The number of halogens is 2. The van der Waals surface area contributed by atoms with Crippen molar-refractivity contribution < 1.29 is 4.79 Å². The van der Waals surface area contributed by atoms with E-state index in [4.69, 9.17) is 28.9 Å². The summed E-state index contributed by atoms with van der Waals surface area (Å²) in [7, 11) is 0. The molecule has 3 nitrogen and oxygen atoms in total. The van der Waals surface area contributed by atoms with Crippen LogP contribution in [0, 0.1) is 5.92 Å². The molecule has 5 heteroatoms. The van der Waals surface area contributed by atoms with Gasteiger partial charge in [0.05, 0.1) is 15.6 Å². The normalized spacial score (nSPS) is 19.7. The third-order valence-electron chi connectivity index (χ3n) is 3.08. The molecule has 1 aliphatic heterocycles. The van der Waals surface area contributed by atoms with Gasteiger partial charge < -0.3 is 10.6 Å².